The van der Waals surface area contributed by atoms with E-state index >= 15 is 0 Å². The molecule has 0 aliphatic heterocycles. The van der Waals surface area contributed by atoms with E-state index < -0.39 is 22.8 Å². The second kappa shape index (κ2) is 9.71. The van der Waals surface area contributed by atoms with E-state index in [2.05, 4.69) is 40.7 Å². The molecule has 1 saturated carbocycles. The molecule has 0 radical (unpaired) electrons. The van der Waals surface area contributed by atoms with E-state index in [-0.39, 0.29) is 11.7 Å². The Morgan fingerprint density at radius 1 is 1.21 bits per heavy atom. The Morgan fingerprint density at radius 3 is 2.58 bits per heavy atom. The molecule has 0 saturated heterocycles. The van der Waals surface area contributed by atoms with Crippen molar-refractivity contribution in [1.29, 1.82) is 0 Å². The van der Waals surface area contributed by atoms with Gasteiger partial charge in [-0.05, 0) is 61.4 Å². The zero-order valence-electron chi connectivity index (χ0n) is 22.4. The molecular weight excluding hydrogens is 489 g/mol. The van der Waals surface area contributed by atoms with Crippen LogP contribution in [0.2, 0.25) is 0 Å². The number of rotatable bonds is 8. The van der Waals surface area contributed by atoms with Gasteiger partial charge in [0, 0.05) is 47.9 Å². The summed E-state index contributed by atoms with van der Waals surface area (Å²) in [7, 11) is 4.62. The van der Waals surface area contributed by atoms with Crippen LogP contribution in [0.25, 0.3) is 27.5 Å². The molecule has 4 aromatic rings. The minimum Gasteiger partial charge on any atom is -0.494 e. The van der Waals surface area contributed by atoms with Gasteiger partial charge in [-0.15, -0.1) is 0 Å². The number of nitrogens with zero attached hydrogens (tertiary/aromatic N) is 2. The Hall–Kier alpha value is -3.43. The highest BCUT2D eigenvalue weighted by molar-refractivity contribution is 5.99. The Balaban J connectivity index is 1.81. The molecule has 0 bridgehead atoms. The SMILES string of the molecule is COCC(C)(C)c1c(C2CCC(OC)(C(=O)O)CC2)c2cc3[nH]ncc3cc2n1-c1ccc(F)c(OC)c1. The van der Waals surface area contributed by atoms with Crippen molar-refractivity contribution in [1.82, 2.24) is 14.8 Å². The number of aromatic nitrogens is 3. The molecule has 5 rings (SSSR count). The summed E-state index contributed by atoms with van der Waals surface area (Å²) in [5.74, 6) is -1.09. The first-order valence-electron chi connectivity index (χ1n) is 12.8. The Morgan fingerprint density at radius 2 is 1.95 bits per heavy atom. The van der Waals surface area contributed by atoms with Crippen LogP contribution in [-0.4, -0.2) is 59.4 Å². The highest BCUT2D eigenvalue weighted by atomic mass is 19.1. The van der Waals surface area contributed by atoms with E-state index in [9.17, 15) is 14.3 Å². The molecule has 2 N–H and O–H groups in total. The maximum Gasteiger partial charge on any atom is 0.335 e. The number of carboxylic acids is 1. The molecule has 2 aromatic heterocycles. The van der Waals surface area contributed by atoms with Crippen LogP contribution in [0, 0.1) is 5.82 Å². The number of carboxylic acid groups (broad SMARTS) is 1. The molecule has 2 heterocycles. The van der Waals surface area contributed by atoms with Crippen molar-refractivity contribution in [2.75, 3.05) is 27.9 Å². The normalized spacial score (nSPS) is 20.3. The van der Waals surface area contributed by atoms with Gasteiger partial charge >= 0.3 is 5.97 Å². The van der Waals surface area contributed by atoms with Crippen molar-refractivity contribution in [3.63, 3.8) is 0 Å². The number of methoxy groups -OCH3 is 3. The zero-order valence-corrected chi connectivity index (χ0v) is 22.4. The molecule has 0 spiro atoms. The highest BCUT2D eigenvalue weighted by Gasteiger charge is 2.44. The van der Waals surface area contributed by atoms with Crippen LogP contribution >= 0.6 is 0 Å². The average Bonchev–Trinajstić information content (AvgIpc) is 3.50. The highest BCUT2D eigenvalue weighted by Crippen LogP contribution is 2.48. The molecule has 0 unspecified atom stereocenters. The number of hydrogen-bond acceptors (Lipinski definition) is 5. The predicted octanol–water partition coefficient (Wildman–Crippen LogP) is 5.71. The third-order valence-corrected chi connectivity index (χ3v) is 8.09. The van der Waals surface area contributed by atoms with Crippen LogP contribution in [-0.2, 0) is 19.7 Å². The van der Waals surface area contributed by atoms with Gasteiger partial charge in [0.1, 0.15) is 0 Å². The fourth-order valence-corrected chi connectivity index (χ4v) is 6.19. The van der Waals surface area contributed by atoms with Gasteiger partial charge in [-0.3, -0.25) is 5.10 Å². The summed E-state index contributed by atoms with van der Waals surface area (Å²) in [5.41, 5.74) is 3.25. The maximum absolute atomic E-state index is 14.5. The standard InChI is InChI=1S/C29H34FN3O5/c1-28(2,16-36-3)26-25(17-8-10-29(38-5,11-9-17)27(34)35)20-14-22-18(15-31-32-22)12-23(20)33(26)19-6-7-21(30)24(13-19)37-4/h6-7,12-15,17H,8-11,16H2,1-5H3,(H,31,32)(H,34,35). The Labute approximate surface area is 220 Å². The lowest BCUT2D eigenvalue weighted by Gasteiger charge is -2.37. The van der Waals surface area contributed by atoms with Crippen LogP contribution in [0.3, 0.4) is 0 Å². The van der Waals surface area contributed by atoms with E-state index in [1.54, 1.807) is 25.4 Å². The van der Waals surface area contributed by atoms with Gasteiger partial charge < -0.3 is 23.9 Å². The number of halogens is 1. The van der Waals surface area contributed by atoms with Crippen LogP contribution < -0.4 is 4.74 Å². The summed E-state index contributed by atoms with van der Waals surface area (Å²) in [6, 6.07) is 9.11. The van der Waals surface area contributed by atoms with Crippen LogP contribution in [0.4, 0.5) is 4.39 Å². The third kappa shape index (κ3) is 4.14. The number of H-pyrrole nitrogens is 1. The van der Waals surface area contributed by atoms with Crippen molar-refractivity contribution in [2.24, 2.45) is 0 Å². The molecule has 1 fully saturated rings. The Bertz CT molecular complexity index is 1500. The number of aromatic amines is 1. The second-order valence-corrected chi connectivity index (χ2v) is 10.8. The molecule has 202 valence electrons. The van der Waals surface area contributed by atoms with E-state index in [1.807, 2.05) is 0 Å². The van der Waals surface area contributed by atoms with Gasteiger partial charge in [0.25, 0.3) is 0 Å². The number of ether oxygens (including phenoxy) is 3. The van der Waals surface area contributed by atoms with Crippen LogP contribution in [0.1, 0.15) is 56.7 Å². The molecule has 0 amide bonds. The lowest BCUT2D eigenvalue weighted by atomic mass is 9.73. The summed E-state index contributed by atoms with van der Waals surface area (Å²) in [5, 5.41) is 19.2. The topological polar surface area (TPSA) is 98.6 Å². The molecule has 1 aliphatic carbocycles. The first kappa shape index (κ1) is 26.2. The molecule has 2 aromatic carbocycles. The average molecular weight is 524 g/mol. The number of fused-ring (bicyclic) bond motifs is 2. The van der Waals surface area contributed by atoms with Gasteiger partial charge in [-0.2, -0.15) is 5.10 Å². The summed E-state index contributed by atoms with van der Waals surface area (Å²) in [6.07, 6.45) is 3.93. The number of aliphatic carboxylic acids is 1. The van der Waals surface area contributed by atoms with E-state index in [0.717, 1.165) is 38.8 Å². The second-order valence-electron chi connectivity index (χ2n) is 10.8. The largest absolute Gasteiger partial charge is 0.494 e. The van der Waals surface area contributed by atoms with Crippen LogP contribution in [0.5, 0.6) is 5.75 Å². The van der Waals surface area contributed by atoms with Crippen molar-refractivity contribution in [2.45, 2.75) is 56.5 Å². The summed E-state index contributed by atoms with van der Waals surface area (Å²) in [4.78, 5) is 12.1. The minimum absolute atomic E-state index is 0.0928. The van der Waals surface area contributed by atoms with Gasteiger partial charge in [0.05, 0.1) is 30.9 Å². The quantitative estimate of drug-likeness (QED) is 0.307. The molecule has 9 heteroatoms. The number of nitrogens with one attached hydrogen (secondary N) is 1. The zero-order chi connectivity index (χ0) is 27.2. The lowest BCUT2D eigenvalue weighted by molar-refractivity contribution is -0.166. The lowest BCUT2D eigenvalue weighted by Crippen LogP contribution is -2.43. The predicted molar refractivity (Wildman–Crippen MR) is 143 cm³/mol. The van der Waals surface area contributed by atoms with Gasteiger partial charge in [0.15, 0.2) is 17.2 Å². The van der Waals surface area contributed by atoms with Gasteiger partial charge in [-0.25, -0.2) is 9.18 Å². The minimum atomic E-state index is -1.17. The van der Waals surface area contributed by atoms with Crippen molar-refractivity contribution in [3.8, 4) is 11.4 Å². The number of carbonyl (C=O) groups is 1. The maximum atomic E-state index is 14.5. The fourth-order valence-electron chi connectivity index (χ4n) is 6.19. The van der Waals surface area contributed by atoms with Crippen molar-refractivity contribution < 1.29 is 28.5 Å². The van der Waals surface area contributed by atoms with Crippen LogP contribution in [0.15, 0.2) is 36.5 Å². The molecule has 0 atom stereocenters. The first-order chi connectivity index (χ1) is 18.2. The van der Waals surface area contributed by atoms with E-state index in [4.69, 9.17) is 14.2 Å². The number of hydrogen-bond donors (Lipinski definition) is 2. The first-order valence-corrected chi connectivity index (χ1v) is 12.8. The van der Waals surface area contributed by atoms with Crippen molar-refractivity contribution in [3.05, 3.63) is 53.6 Å². The van der Waals surface area contributed by atoms with E-state index in [1.165, 1.54) is 20.3 Å². The van der Waals surface area contributed by atoms with E-state index in [0.29, 0.717) is 32.3 Å². The monoisotopic (exact) mass is 523 g/mol. The summed E-state index contributed by atoms with van der Waals surface area (Å²) < 4.78 is 33.2. The molecule has 8 nitrogen and oxygen atoms in total. The number of benzene rings is 2. The smallest absolute Gasteiger partial charge is 0.335 e. The molecule has 38 heavy (non-hydrogen) atoms. The third-order valence-electron chi connectivity index (χ3n) is 8.09. The Kier molecular flexibility index (Phi) is 6.69. The van der Waals surface area contributed by atoms with Crippen molar-refractivity contribution >= 4 is 27.8 Å². The molecule has 1 aliphatic rings. The summed E-state index contributed by atoms with van der Waals surface area (Å²) >= 11 is 0. The summed E-state index contributed by atoms with van der Waals surface area (Å²) in [6.45, 7) is 4.73. The fraction of sp³-hybridized carbons (Fsp3) is 0.448. The van der Waals surface area contributed by atoms with Gasteiger partial charge in [0.2, 0.25) is 0 Å². The molecular formula is C29H34FN3O5. The van der Waals surface area contributed by atoms with Gasteiger partial charge in [-0.1, -0.05) is 13.8 Å².